The molecule has 0 fully saturated rings. The fourth-order valence-corrected chi connectivity index (χ4v) is 14.7. The largest absolute Gasteiger partial charge is 0.472 e. The molecule has 0 saturated carbocycles. The van der Waals surface area contributed by atoms with Gasteiger partial charge >= 0.3 is 39.5 Å². The number of esters is 4. The Morgan fingerprint density at radius 1 is 0.262 bits per heavy atom. The molecule has 0 spiro atoms. The highest BCUT2D eigenvalue weighted by atomic mass is 31.2. The quantitative estimate of drug-likeness (QED) is 0.0222. The lowest BCUT2D eigenvalue weighted by atomic mass is 10.0. The van der Waals surface area contributed by atoms with Gasteiger partial charge in [0, 0.05) is 25.7 Å². The number of carbonyl (C=O) groups is 4. The molecule has 0 radical (unpaired) electrons. The Kier molecular flexibility index (Phi) is 75.4. The number of phosphoric acid groups is 2. The molecule has 0 bridgehead atoms. The molecule has 0 aromatic carbocycles. The standard InChI is InChI=1S/C84H164O17P2/c1-6-9-12-15-18-21-24-27-29-30-31-32-33-34-36-38-45-50-55-60-65-70-84(89)101-80(74-95-82(87)68-63-58-53-48-43-40-39-41-46-51-56-61-66-77(4)5)76-99-103(92,93)97-72-78(85)71-96-102(90,91)98-75-79(73-94-81(86)67-62-57-52-47-42-26-23-20-17-14-11-8-3)100-83(88)69-64-59-54-49-44-37-35-28-25-22-19-16-13-10-7-2/h77-80,85H,6-76H2,1-5H3,(H,90,91)(H,92,93)/t78-,79+,80+/m0/s1. The first-order valence-electron chi connectivity index (χ1n) is 43.6. The summed E-state index contributed by atoms with van der Waals surface area (Å²) in [7, 11) is -9.92. The molecule has 0 aliphatic heterocycles. The van der Waals surface area contributed by atoms with Crippen LogP contribution >= 0.6 is 15.6 Å². The number of rotatable bonds is 84. The Balaban J connectivity index is 5.24. The highest BCUT2D eigenvalue weighted by molar-refractivity contribution is 7.47. The second-order valence-electron chi connectivity index (χ2n) is 30.7. The Morgan fingerprint density at radius 3 is 0.660 bits per heavy atom. The number of unbranched alkanes of at least 4 members (excludes halogenated alkanes) is 56. The fraction of sp³-hybridized carbons (Fsp3) is 0.952. The van der Waals surface area contributed by atoms with E-state index in [0.29, 0.717) is 25.7 Å². The Hall–Kier alpha value is -1.94. The summed E-state index contributed by atoms with van der Waals surface area (Å²) >= 11 is 0. The van der Waals surface area contributed by atoms with Crippen LogP contribution in [-0.4, -0.2) is 96.7 Å². The maximum atomic E-state index is 13.1. The summed E-state index contributed by atoms with van der Waals surface area (Å²) in [5.74, 6) is -1.32. The molecule has 103 heavy (non-hydrogen) atoms. The average molecular weight is 1510 g/mol. The molecule has 0 aliphatic carbocycles. The van der Waals surface area contributed by atoms with Crippen molar-refractivity contribution in [1.29, 1.82) is 0 Å². The number of carbonyl (C=O) groups excluding carboxylic acids is 4. The minimum atomic E-state index is -4.96. The lowest BCUT2D eigenvalue weighted by Gasteiger charge is -2.21. The number of hydrogen-bond donors (Lipinski definition) is 3. The zero-order valence-electron chi connectivity index (χ0n) is 67.5. The average Bonchev–Trinajstić information content (AvgIpc) is 0.922. The number of aliphatic hydroxyl groups excluding tert-OH is 1. The topological polar surface area (TPSA) is 237 Å². The third-order valence-electron chi connectivity index (χ3n) is 19.8. The first-order chi connectivity index (χ1) is 50.0. The smallest absolute Gasteiger partial charge is 0.462 e. The van der Waals surface area contributed by atoms with E-state index in [1.165, 1.54) is 276 Å². The van der Waals surface area contributed by atoms with E-state index >= 15 is 0 Å². The predicted octanol–water partition coefficient (Wildman–Crippen LogP) is 25.6. The fourth-order valence-electron chi connectivity index (χ4n) is 13.1. The summed E-state index contributed by atoms with van der Waals surface area (Å²) in [4.78, 5) is 73.2. The van der Waals surface area contributed by atoms with Gasteiger partial charge in [0.2, 0.25) is 0 Å². The highest BCUT2D eigenvalue weighted by Gasteiger charge is 2.30. The van der Waals surface area contributed by atoms with E-state index in [0.717, 1.165) is 95.8 Å². The zero-order chi connectivity index (χ0) is 75.5. The summed E-state index contributed by atoms with van der Waals surface area (Å²) in [6, 6.07) is 0. The predicted molar refractivity (Wildman–Crippen MR) is 423 cm³/mol. The number of hydrogen-bond acceptors (Lipinski definition) is 15. The van der Waals surface area contributed by atoms with Crippen LogP contribution < -0.4 is 0 Å². The van der Waals surface area contributed by atoms with Crippen molar-refractivity contribution in [1.82, 2.24) is 0 Å². The van der Waals surface area contributed by atoms with Crippen LogP contribution in [0.5, 0.6) is 0 Å². The van der Waals surface area contributed by atoms with Crippen molar-refractivity contribution in [3.05, 3.63) is 0 Å². The first kappa shape index (κ1) is 101. The van der Waals surface area contributed by atoms with E-state index in [2.05, 4.69) is 34.6 Å². The second-order valence-corrected chi connectivity index (χ2v) is 33.6. The molecular weight excluding hydrogens is 1340 g/mol. The van der Waals surface area contributed by atoms with Crippen molar-refractivity contribution in [2.75, 3.05) is 39.6 Å². The van der Waals surface area contributed by atoms with E-state index in [1.54, 1.807) is 0 Å². The maximum absolute atomic E-state index is 13.1. The minimum absolute atomic E-state index is 0.109. The molecule has 612 valence electrons. The molecule has 5 atom stereocenters. The number of aliphatic hydroxyl groups is 1. The molecule has 0 amide bonds. The lowest BCUT2D eigenvalue weighted by Crippen LogP contribution is -2.30. The highest BCUT2D eigenvalue weighted by Crippen LogP contribution is 2.45. The van der Waals surface area contributed by atoms with Gasteiger partial charge in [0.15, 0.2) is 12.2 Å². The SMILES string of the molecule is CCCCCCCCCCCCCCCCCCCCCCCC(=O)O[C@H](COC(=O)CCCCCCCCCCCCCCC(C)C)COP(=O)(O)OC[C@@H](O)COP(=O)(O)OC[C@@H](COC(=O)CCCCCCCCCCCCCC)OC(=O)CCCCCCCCCCCCCCCCC. The number of ether oxygens (including phenoxy) is 4. The van der Waals surface area contributed by atoms with Gasteiger partial charge in [-0.15, -0.1) is 0 Å². The van der Waals surface area contributed by atoms with Gasteiger partial charge in [-0.1, -0.05) is 401 Å². The summed E-state index contributed by atoms with van der Waals surface area (Å²) in [5, 5.41) is 10.7. The molecule has 0 aromatic heterocycles. The van der Waals surface area contributed by atoms with E-state index in [4.69, 9.17) is 37.0 Å². The third kappa shape index (κ3) is 78.0. The second kappa shape index (κ2) is 76.8. The van der Waals surface area contributed by atoms with Gasteiger partial charge in [-0.3, -0.25) is 37.3 Å². The van der Waals surface area contributed by atoms with Crippen LogP contribution in [0.3, 0.4) is 0 Å². The van der Waals surface area contributed by atoms with Crippen LogP contribution in [0.1, 0.15) is 452 Å². The van der Waals surface area contributed by atoms with Gasteiger partial charge in [0.1, 0.15) is 19.3 Å². The Labute approximate surface area is 632 Å². The van der Waals surface area contributed by atoms with Crippen LogP contribution in [0.2, 0.25) is 0 Å². The zero-order valence-corrected chi connectivity index (χ0v) is 69.3. The van der Waals surface area contributed by atoms with Crippen LogP contribution in [0.15, 0.2) is 0 Å². The third-order valence-corrected chi connectivity index (χ3v) is 21.7. The molecule has 0 aliphatic rings. The van der Waals surface area contributed by atoms with Gasteiger partial charge in [-0.25, -0.2) is 9.13 Å². The van der Waals surface area contributed by atoms with Crippen LogP contribution in [0.4, 0.5) is 0 Å². The van der Waals surface area contributed by atoms with Crippen molar-refractivity contribution >= 4 is 39.5 Å². The van der Waals surface area contributed by atoms with Crippen molar-refractivity contribution < 1.29 is 80.2 Å². The molecule has 0 rings (SSSR count). The molecule has 0 aromatic rings. The molecular formula is C84H164O17P2. The Morgan fingerprint density at radius 2 is 0.447 bits per heavy atom. The van der Waals surface area contributed by atoms with E-state index in [-0.39, 0.29) is 25.7 Å². The molecule has 0 heterocycles. The van der Waals surface area contributed by atoms with Gasteiger partial charge in [0.25, 0.3) is 0 Å². The molecule has 2 unspecified atom stereocenters. The first-order valence-corrected chi connectivity index (χ1v) is 46.6. The van der Waals surface area contributed by atoms with Crippen LogP contribution in [0.25, 0.3) is 0 Å². The van der Waals surface area contributed by atoms with Crippen molar-refractivity contribution in [2.24, 2.45) is 5.92 Å². The van der Waals surface area contributed by atoms with Crippen molar-refractivity contribution in [2.45, 2.75) is 470 Å². The summed E-state index contributed by atoms with van der Waals surface area (Å²) in [5.41, 5.74) is 0. The minimum Gasteiger partial charge on any atom is -0.462 e. The summed E-state index contributed by atoms with van der Waals surface area (Å²) in [6.45, 7) is 7.37. The van der Waals surface area contributed by atoms with Crippen LogP contribution in [-0.2, 0) is 65.4 Å². The van der Waals surface area contributed by atoms with Gasteiger partial charge in [-0.2, -0.15) is 0 Å². The van der Waals surface area contributed by atoms with Gasteiger partial charge < -0.3 is 33.8 Å². The maximum Gasteiger partial charge on any atom is 0.472 e. The van der Waals surface area contributed by atoms with E-state index < -0.39 is 97.5 Å². The summed E-state index contributed by atoms with van der Waals surface area (Å²) in [6.07, 6.45) is 69.3. The molecule has 19 heteroatoms. The molecule has 17 nitrogen and oxygen atoms in total. The Bertz CT molecular complexity index is 1960. The summed E-state index contributed by atoms with van der Waals surface area (Å²) < 4.78 is 68.8. The van der Waals surface area contributed by atoms with Gasteiger partial charge in [-0.05, 0) is 31.6 Å². The monoisotopic (exact) mass is 1510 g/mol. The van der Waals surface area contributed by atoms with Crippen molar-refractivity contribution in [3.63, 3.8) is 0 Å². The molecule has 3 N–H and O–H groups in total. The normalized spacial score (nSPS) is 13.8. The lowest BCUT2D eigenvalue weighted by molar-refractivity contribution is -0.161. The number of phosphoric ester groups is 2. The van der Waals surface area contributed by atoms with Gasteiger partial charge in [0.05, 0.1) is 26.4 Å². The molecule has 0 saturated heterocycles. The van der Waals surface area contributed by atoms with Crippen LogP contribution in [0, 0.1) is 5.92 Å². The van der Waals surface area contributed by atoms with E-state index in [1.807, 2.05) is 0 Å². The van der Waals surface area contributed by atoms with E-state index in [9.17, 15) is 43.2 Å². The van der Waals surface area contributed by atoms with Crippen molar-refractivity contribution in [3.8, 4) is 0 Å².